The third kappa shape index (κ3) is 4.35. The van der Waals surface area contributed by atoms with Crippen LogP contribution in [0.3, 0.4) is 0 Å². The molecule has 0 radical (unpaired) electrons. The Balaban J connectivity index is 1.48. The van der Waals surface area contributed by atoms with Crippen molar-refractivity contribution in [3.8, 4) is 0 Å². The summed E-state index contributed by atoms with van der Waals surface area (Å²) in [4.78, 5) is 0. The van der Waals surface area contributed by atoms with Gasteiger partial charge in [-0.1, -0.05) is 0 Å². The number of nitrogens with one attached hydrogen (secondary N) is 5. The van der Waals surface area contributed by atoms with Gasteiger partial charge in [-0.25, -0.2) is 0 Å². The fourth-order valence-corrected chi connectivity index (χ4v) is 5.08. The summed E-state index contributed by atoms with van der Waals surface area (Å²) in [5.74, 6) is 0.670. The molecule has 1 aliphatic carbocycles. The van der Waals surface area contributed by atoms with Gasteiger partial charge in [0.05, 0.1) is 13.2 Å². The van der Waals surface area contributed by atoms with E-state index in [4.69, 9.17) is 9.47 Å². The number of rotatable bonds is 0. The lowest BCUT2D eigenvalue weighted by molar-refractivity contribution is -0.0543. The predicted molar refractivity (Wildman–Crippen MR) is 96.9 cm³/mol. The van der Waals surface area contributed by atoms with Gasteiger partial charge in [0.25, 0.3) is 0 Å². The molecule has 8 atom stereocenters. The molecule has 3 saturated heterocycles. The van der Waals surface area contributed by atoms with E-state index in [1.165, 1.54) is 19.3 Å². The molecule has 0 aromatic carbocycles. The van der Waals surface area contributed by atoms with Crippen LogP contribution >= 0.6 is 0 Å². The van der Waals surface area contributed by atoms with Gasteiger partial charge in [-0.15, -0.1) is 0 Å². The first kappa shape index (κ1) is 18.1. The molecule has 25 heavy (non-hydrogen) atoms. The Morgan fingerprint density at radius 1 is 0.760 bits per heavy atom. The van der Waals surface area contributed by atoms with Crippen molar-refractivity contribution < 1.29 is 9.47 Å². The number of ether oxygens (including phenoxy) is 2. The molecular weight excluding hydrogens is 318 g/mol. The molecule has 0 amide bonds. The van der Waals surface area contributed by atoms with Crippen LogP contribution < -0.4 is 26.8 Å². The second-order valence-corrected chi connectivity index (χ2v) is 8.39. The zero-order valence-electron chi connectivity index (χ0n) is 15.6. The van der Waals surface area contributed by atoms with Crippen LogP contribution in [-0.2, 0) is 9.47 Å². The maximum absolute atomic E-state index is 5.99. The first-order chi connectivity index (χ1) is 12.2. The molecule has 7 heteroatoms. The summed E-state index contributed by atoms with van der Waals surface area (Å²) in [7, 11) is 0. The second kappa shape index (κ2) is 8.17. The molecule has 5 N–H and O–H groups in total. The molecule has 0 aromatic heterocycles. The van der Waals surface area contributed by atoms with E-state index in [0.29, 0.717) is 55.4 Å². The van der Waals surface area contributed by atoms with Gasteiger partial charge < -0.3 is 14.8 Å². The molecule has 3 heterocycles. The van der Waals surface area contributed by atoms with Crippen molar-refractivity contribution in [3.05, 3.63) is 0 Å². The molecule has 7 nitrogen and oxygen atoms in total. The van der Waals surface area contributed by atoms with E-state index in [-0.39, 0.29) is 6.35 Å². The third-order valence-corrected chi connectivity index (χ3v) is 6.37. The quantitative estimate of drug-likeness (QED) is 0.421. The molecule has 0 aromatic rings. The average Bonchev–Trinajstić information content (AvgIpc) is 3.00. The van der Waals surface area contributed by atoms with Gasteiger partial charge >= 0.3 is 0 Å². The van der Waals surface area contributed by atoms with Crippen molar-refractivity contribution in [3.63, 3.8) is 0 Å². The number of fused-ring (bicyclic) bond motifs is 4. The van der Waals surface area contributed by atoms with E-state index in [1.807, 2.05) is 0 Å². The van der Waals surface area contributed by atoms with Crippen LogP contribution in [-0.4, -0.2) is 62.4 Å². The van der Waals surface area contributed by atoms with Gasteiger partial charge in [0, 0.05) is 42.9 Å². The van der Waals surface area contributed by atoms with Crippen molar-refractivity contribution in [2.45, 2.75) is 88.6 Å². The number of hydrogen-bond acceptors (Lipinski definition) is 7. The molecule has 4 aliphatic rings. The Kier molecular flexibility index (Phi) is 5.91. The Morgan fingerprint density at radius 3 is 2.60 bits per heavy atom. The van der Waals surface area contributed by atoms with E-state index in [0.717, 1.165) is 19.4 Å². The highest BCUT2D eigenvalue weighted by Gasteiger charge is 2.45. The number of hydrogen-bond donors (Lipinski definition) is 5. The average molecular weight is 354 g/mol. The van der Waals surface area contributed by atoms with Gasteiger partial charge in [0.1, 0.15) is 0 Å². The maximum atomic E-state index is 5.99. The zero-order chi connectivity index (χ0) is 17.2. The minimum Gasteiger partial charge on any atom is -0.379 e. The molecule has 0 spiro atoms. The van der Waals surface area contributed by atoms with Crippen LogP contribution in [0.2, 0.25) is 0 Å². The minimum atomic E-state index is -0.0836. The van der Waals surface area contributed by atoms with Crippen molar-refractivity contribution in [1.82, 2.24) is 26.8 Å². The molecule has 144 valence electrons. The largest absolute Gasteiger partial charge is 0.379 e. The predicted octanol–water partition coefficient (Wildman–Crippen LogP) is 0.0387. The molecule has 4 bridgehead atoms. The summed E-state index contributed by atoms with van der Waals surface area (Å²) in [5, 5.41) is 11.0. The van der Waals surface area contributed by atoms with E-state index < -0.39 is 0 Å². The summed E-state index contributed by atoms with van der Waals surface area (Å²) in [5.41, 5.74) is 7.20. The molecule has 3 aliphatic heterocycles. The van der Waals surface area contributed by atoms with E-state index in [2.05, 4.69) is 40.6 Å². The smallest absolute Gasteiger partial charge is 0.164 e. The molecule has 7 unspecified atom stereocenters. The van der Waals surface area contributed by atoms with E-state index in [1.54, 1.807) is 0 Å². The molecule has 4 fully saturated rings. The van der Waals surface area contributed by atoms with Gasteiger partial charge in [0.15, 0.2) is 6.35 Å². The summed E-state index contributed by atoms with van der Waals surface area (Å²) in [6, 6.07) is 3.06. The van der Waals surface area contributed by atoms with Gasteiger partial charge in [-0.2, -0.15) is 0 Å². The summed E-state index contributed by atoms with van der Waals surface area (Å²) < 4.78 is 11.7. The van der Waals surface area contributed by atoms with Crippen LogP contribution in [0.15, 0.2) is 0 Å². The number of hydrazine groups is 1. The Labute approximate surface area is 151 Å². The lowest BCUT2D eigenvalue weighted by Crippen LogP contribution is -2.64. The third-order valence-electron chi connectivity index (χ3n) is 6.37. The van der Waals surface area contributed by atoms with Crippen LogP contribution in [0, 0.1) is 5.92 Å². The lowest BCUT2D eigenvalue weighted by Gasteiger charge is -2.42. The molecular formula is C18H35N5O2. The van der Waals surface area contributed by atoms with E-state index >= 15 is 0 Å². The van der Waals surface area contributed by atoms with Crippen LogP contribution in [0.25, 0.3) is 0 Å². The fraction of sp³-hybridized carbons (Fsp3) is 1.00. The maximum Gasteiger partial charge on any atom is 0.164 e. The molecule has 4 rings (SSSR count). The monoisotopic (exact) mass is 353 g/mol. The lowest BCUT2D eigenvalue weighted by atomic mass is 9.76. The van der Waals surface area contributed by atoms with E-state index in [9.17, 15) is 0 Å². The summed E-state index contributed by atoms with van der Waals surface area (Å²) >= 11 is 0. The zero-order valence-corrected chi connectivity index (χ0v) is 15.6. The van der Waals surface area contributed by atoms with Crippen molar-refractivity contribution in [2.75, 3.05) is 19.8 Å². The SMILES string of the molecule is CC1CC2NC(N1)OCCOCC[C@H](C)NC1CCC3NNC2C3C1. The Morgan fingerprint density at radius 2 is 1.68 bits per heavy atom. The molecule has 1 saturated carbocycles. The van der Waals surface area contributed by atoms with Crippen LogP contribution in [0.5, 0.6) is 0 Å². The minimum absolute atomic E-state index is 0.0836. The van der Waals surface area contributed by atoms with Crippen molar-refractivity contribution in [1.29, 1.82) is 0 Å². The van der Waals surface area contributed by atoms with Gasteiger partial charge in [0.2, 0.25) is 0 Å². The normalized spacial score (nSPS) is 49.2. The topological polar surface area (TPSA) is 78.6 Å². The van der Waals surface area contributed by atoms with Gasteiger partial charge in [-0.05, 0) is 51.9 Å². The summed E-state index contributed by atoms with van der Waals surface area (Å²) in [6.07, 6.45) is 5.84. The highest BCUT2D eigenvalue weighted by atomic mass is 16.5. The summed E-state index contributed by atoms with van der Waals surface area (Å²) in [6.45, 7) is 6.61. The first-order valence-corrected chi connectivity index (χ1v) is 10.2. The van der Waals surface area contributed by atoms with Crippen molar-refractivity contribution >= 4 is 0 Å². The van der Waals surface area contributed by atoms with Crippen LogP contribution in [0.1, 0.15) is 46.0 Å². The Bertz CT molecular complexity index is 440. The first-order valence-electron chi connectivity index (χ1n) is 10.2. The van der Waals surface area contributed by atoms with Gasteiger partial charge in [-0.3, -0.25) is 21.5 Å². The highest BCUT2D eigenvalue weighted by Crippen LogP contribution is 2.33. The highest BCUT2D eigenvalue weighted by molar-refractivity contribution is 5.03. The van der Waals surface area contributed by atoms with Crippen molar-refractivity contribution in [2.24, 2.45) is 5.92 Å². The Hall–Kier alpha value is -0.280. The fourth-order valence-electron chi connectivity index (χ4n) is 5.08. The standard InChI is InChI=1S/C18H35N5O2/c1-11-5-6-24-7-8-25-18-20-12(2)9-16(21-18)17-14-10-13(19-11)3-4-15(14)22-23-17/h11-23H,3-10H2,1-2H3/t11-,12?,13?,14?,15?,16?,17?,18?/m0/s1. The van der Waals surface area contributed by atoms with Crippen LogP contribution in [0.4, 0.5) is 0 Å². The second-order valence-electron chi connectivity index (χ2n) is 8.39.